The summed E-state index contributed by atoms with van der Waals surface area (Å²) in [6.45, 7) is 8.46. The Bertz CT molecular complexity index is 659. The van der Waals surface area contributed by atoms with Gasteiger partial charge in [0.25, 0.3) is 0 Å². The first kappa shape index (κ1) is 15.3. The van der Waals surface area contributed by atoms with Crippen LogP contribution in [0.3, 0.4) is 0 Å². The molecule has 21 heavy (non-hydrogen) atoms. The van der Waals surface area contributed by atoms with E-state index in [4.69, 9.17) is 5.41 Å². The monoisotopic (exact) mass is 286 g/mol. The van der Waals surface area contributed by atoms with Gasteiger partial charge in [-0.2, -0.15) is 0 Å². The van der Waals surface area contributed by atoms with Gasteiger partial charge in [-0.05, 0) is 61.7 Å². The lowest BCUT2D eigenvalue weighted by Crippen LogP contribution is -2.24. The summed E-state index contributed by atoms with van der Waals surface area (Å²) in [6.07, 6.45) is 2.17. The Balaban J connectivity index is 2.35. The summed E-state index contributed by atoms with van der Waals surface area (Å²) in [4.78, 5) is 11.1. The average Bonchev–Trinajstić information content (AvgIpc) is 2.44. The first-order valence-corrected chi connectivity index (χ1v) is 6.89. The molecule has 3 nitrogen and oxygen atoms in total. The molecule has 1 aromatic carbocycles. The van der Waals surface area contributed by atoms with Crippen LogP contribution < -0.4 is 5.32 Å². The van der Waals surface area contributed by atoms with Crippen LogP contribution in [0.4, 0.5) is 4.39 Å². The molecule has 1 aromatic rings. The maximum absolute atomic E-state index is 14.2. The van der Waals surface area contributed by atoms with Crippen molar-refractivity contribution < 1.29 is 9.18 Å². The zero-order chi connectivity index (χ0) is 15.6. The lowest BCUT2D eigenvalue weighted by molar-refractivity contribution is -0.112. The highest BCUT2D eigenvalue weighted by Crippen LogP contribution is 2.26. The van der Waals surface area contributed by atoms with Gasteiger partial charge in [-0.25, -0.2) is 4.39 Å². The van der Waals surface area contributed by atoms with Crippen LogP contribution in [-0.2, 0) is 17.8 Å². The summed E-state index contributed by atoms with van der Waals surface area (Å²) in [5.41, 5.74) is 3.26. The van der Waals surface area contributed by atoms with E-state index in [0.717, 1.165) is 24.1 Å². The number of carbonyl (C=O) groups excluding carboxylic acids is 1. The maximum Gasteiger partial charge on any atom is 0.152 e. The SMILES string of the molecule is C=C(C(=N)/C(C)=C\C(C)=O)c1cc2c(cc1F)CCNC2. The minimum atomic E-state index is -0.360. The molecule has 0 radical (unpaired) electrons. The molecule has 2 rings (SSSR count). The predicted molar refractivity (Wildman–Crippen MR) is 83.0 cm³/mol. The molecule has 110 valence electrons. The fourth-order valence-corrected chi connectivity index (χ4v) is 2.48. The Morgan fingerprint density at radius 3 is 2.76 bits per heavy atom. The van der Waals surface area contributed by atoms with Gasteiger partial charge in [0.2, 0.25) is 0 Å². The van der Waals surface area contributed by atoms with Crippen molar-refractivity contribution in [1.82, 2.24) is 5.32 Å². The molecule has 1 heterocycles. The van der Waals surface area contributed by atoms with E-state index < -0.39 is 0 Å². The summed E-state index contributed by atoms with van der Waals surface area (Å²) in [6, 6.07) is 3.29. The topological polar surface area (TPSA) is 53.0 Å². The van der Waals surface area contributed by atoms with Crippen molar-refractivity contribution in [3.8, 4) is 0 Å². The van der Waals surface area contributed by atoms with Crippen LogP contribution >= 0.6 is 0 Å². The molecule has 4 heteroatoms. The first-order valence-electron chi connectivity index (χ1n) is 6.89. The molecule has 0 saturated carbocycles. The fraction of sp³-hybridized carbons (Fsp3) is 0.294. The van der Waals surface area contributed by atoms with E-state index in [-0.39, 0.29) is 17.3 Å². The Morgan fingerprint density at radius 2 is 2.10 bits per heavy atom. The number of carbonyl (C=O) groups is 1. The second-order valence-electron chi connectivity index (χ2n) is 5.32. The molecule has 0 bridgehead atoms. The summed E-state index contributed by atoms with van der Waals surface area (Å²) in [5, 5.41) is 11.3. The fourth-order valence-electron chi connectivity index (χ4n) is 2.48. The Morgan fingerprint density at radius 1 is 1.38 bits per heavy atom. The van der Waals surface area contributed by atoms with Gasteiger partial charge in [-0.15, -0.1) is 0 Å². The Hall–Kier alpha value is -2.07. The molecule has 0 atom stereocenters. The van der Waals surface area contributed by atoms with Crippen molar-refractivity contribution >= 4 is 17.1 Å². The number of hydrogen-bond acceptors (Lipinski definition) is 3. The van der Waals surface area contributed by atoms with Crippen molar-refractivity contribution in [2.24, 2.45) is 0 Å². The zero-order valence-corrected chi connectivity index (χ0v) is 12.3. The third-order valence-corrected chi connectivity index (χ3v) is 3.62. The van der Waals surface area contributed by atoms with E-state index in [2.05, 4.69) is 11.9 Å². The van der Waals surface area contributed by atoms with Crippen LogP contribution in [-0.4, -0.2) is 18.0 Å². The van der Waals surface area contributed by atoms with Crippen molar-refractivity contribution in [3.63, 3.8) is 0 Å². The van der Waals surface area contributed by atoms with Gasteiger partial charge in [0.1, 0.15) is 5.82 Å². The van der Waals surface area contributed by atoms with Crippen molar-refractivity contribution in [3.05, 3.63) is 52.9 Å². The van der Waals surface area contributed by atoms with E-state index in [1.54, 1.807) is 13.0 Å². The minimum absolute atomic E-state index is 0.0906. The molecule has 1 aliphatic heterocycles. The number of halogens is 1. The lowest BCUT2D eigenvalue weighted by atomic mass is 9.92. The van der Waals surface area contributed by atoms with Gasteiger partial charge in [-0.3, -0.25) is 10.2 Å². The minimum Gasteiger partial charge on any atom is -0.312 e. The quantitative estimate of drug-likeness (QED) is 0.660. The van der Waals surface area contributed by atoms with Crippen LogP contribution in [0, 0.1) is 11.2 Å². The number of allylic oxidation sites excluding steroid dienone is 3. The predicted octanol–water partition coefficient (Wildman–Crippen LogP) is 3.04. The van der Waals surface area contributed by atoms with Gasteiger partial charge in [0.05, 0.1) is 5.71 Å². The van der Waals surface area contributed by atoms with Gasteiger partial charge >= 0.3 is 0 Å². The molecule has 0 aliphatic carbocycles. The third-order valence-electron chi connectivity index (χ3n) is 3.62. The van der Waals surface area contributed by atoms with Gasteiger partial charge in [0.15, 0.2) is 5.78 Å². The highest BCUT2D eigenvalue weighted by Gasteiger charge is 2.17. The molecule has 0 amide bonds. The largest absolute Gasteiger partial charge is 0.312 e. The van der Waals surface area contributed by atoms with Crippen molar-refractivity contribution in [1.29, 1.82) is 5.41 Å². The lowest BCUT2D eigenvalue weighted by Gasteiger charge is -2.19. The third kappa shape index (κ3) is 3.34. The zero-order valence-electron chi connectivity index (χ0n) is 12.3. The Labute approximate surface area is 124 Å². The van der Waals surface area contributed by atoms with Crippen LogP contribution in [0.25, 0.3) is 5.57 Å². The van der Waals surface area contributed by atoms with Crippen molar-refractivity contribution in [2.45, 2.75) is 26.8 Å². The van der Waals surface area contributed by atoms with Crippen LogP contribution in [0.2, 0.25) is 0 Å². The number of fused-ring (bicyclic) bond motifs is 1. The standard InChI is InChI=1S/C17H19FN2O/c1-10(6-11(2)21)17(19)12(3)15-7-14-9-20-5-4-13(14)8-16(15)18/h6-8,19-20H,3-5,9H2,1-2H3/b10-6-,19-17?. The summed E-state index contributed by atoms with van der Waals surface area (Å²) in [7, 11) is 0. The Kier molecular flexibility index (Phi) is 4.48. The number of benzene rings is 1. The molecular weight excluding hydrogens is 267 g/mol. The average molecular weight is 286 g/mol. The van der Waals surface area contributed by atoms with Crippen LogP contribution in [0.5, 0.6) is 0 Å². The highest BCUT2D eigenvalue weighted by molar-refractivity contribution is 6.30. The maximum atomic E-state index is 14.2. The highest BCUT2D eigenvalue weighted by atomic mass is 19.1. The van der Waals surface area contributed by atoms with Gasteiger partial charge in [0, 0.05) is 17.7 Å². The van der Waals surface area contributed by atoms with E-state index in [0.29, 0.717) is 23.3 Å². The molecule has 0 fully saturated rings. The normalized spacial score (nSPS) is 14.5. The van der Waals surface area contributed by atoms with Crippen LogP contribution in [0.15, 0.2) is 30.4 Å². The van der Waals surface area contributed by atoms with Crippen LogP contribution in [0.1, 0.15) is 30.5 Å². The summed E-state index contributed by atoms with van der Waals surface area (Å²) in [5.74, 6) is -0.499. The van der Waals surface area contributed by atoms with Gasteiger partial charge < -0.3 is 5.32 Å². The first-order chi connectivity index (χ1) is 9.90. The molecule has 0 saturated heterocycles. The van der Waals surface area contributed by atoms with E-state index in [9.17, 15) is 9.18 Å². The summed E-state index contributed by atoms with van der Waals surface area (Å²) < 4.78 is 14.2. The van der Waals surface area contributed by atoms with E-state index in [1.807, 2.05) is 0 Å². The van der Waals surface area contributed by atoms with Crippen molar-refractivity contribution in [2.75, 3.05) is 6.54 Å². The number of ketones is 1. The molecule has 0 aromatic heterocycles. The number of hydrogen-bond donors (Lipinski definition) is 2. The van der Waals surface area contributed by atoms with E-state index >= 15 is 0 Å². The number of rotatable bonds is 4. The summed E-state index contributed by atoms with van der Waals surface area (Å²) >= 11 is 0. The molecule has 0 spiro atoms. The second-order valence-corrected chi connectivity index (χ2v) is 5.32. The van der Waals surface area contributed by atoms with Gasteiger partial charge in [-0.1, -0.05) is 6.58 Å². The molecular formula is C17H19FN2O. The smallest absolute Gasteiger partial charge is 0.152 e. The van der Waals surface area contributed by atoms with E-state index in [1.165, 1.54) is 19.1 Å². The molecule has 2 N–H and O–H groups in total. The molecule has 0 unspecified atom stereocenters. The number of nitrogens with one attached hydrogen (secondary N) is 2. The second kappa shape index (κ2) is 6.14. The molecule has 1 aliphatic rings.